The molecule has 0 spiro atoms. The first-order valence-electron chi connectivity index (χ1n) is 10.1. The third-order valence-electron chi connectivity index (χ3n) is 4.96. The summed E-state index contributed by atoms with van der Waals surface area (Å²) in [6.45, 7) is 4.31. The van der Waals surface area contributed by atoms with E-state index in [0.29, 0.717) is 23.5 Å². The van der Waals surface area contributed by atoms with E-state index in [0.717, 1.165) is 11.3 Å². The number of carbonyl (C=O) groups excluding carboxylic acids is 1. The fourth-order valence-corrected chi connectivity index (χ4v) is 4.34. The summed E-state index contributed by atoms with van der Waals surface area (Å²) in [7, 11) is -4.00. The lowest BCUT2D eigenvalue weighted by molar-refractivity contribution is 0.103. The van der Waals surface area contributed by atoms with Crippen molar-refractivity contribution in [2.75, 3.05) is 11.9 Å². The van der Waals surface area contributed by atoms with E-state index in [1.54, 1.807) is 36.4 Å². The molecule has 0 atom stereocenters. The number of aryl methyl sites for hydroxylation is 1. The number of nitrogens with zero attached hydrogens (tertiary/aromatic N) is 1. The molecule has 1 aliphatic carbocycles. The topological polar surface area (TPSA) is 84.8 Å². The number of carbonyl (C=O) groups is 1. The molecule has 4 rings (SSSR count). The fraction of sp³-hybridized carbons (Fsp3) is 0.120. The Bertz CT molecular complexity index is 1320. The number of hydrogen-bond donors (Lipinski definition) is 1. The van der Waals surface area contributed by atoms with Crippen LogP contribution in [0.1, 0.15) is 28.4 Å². The Balaban J connectivity index is 1.75. The highest BCUT2D eigenvalue weighted by Crippen LogP contribution is 2.26. The second kappa shape index (κ2) is 8.80. The molecule has 1 aliphatic rings. The van der Waals surface area contributed by atoms with Crippen molar-refractivity contribution in [3.05, 3.63) is 101 Å². The van der Waals surface area contributed by atoms with E-state index in [1.165, 1.54) is 18.2 Å². The molecule has 6 nitrogen and oxygen atoms in total. The maximum atomic E-state index is 13.0. The van der Waals surface area contributed by atoms with Crippen LogP contribution in [0.4, 0.5) is 5.69 Å². The van der Waals surface area contributed by atoms with Crippen LogP contribution >= 0.6 is 0 Å². The van der Waals surface area contributed by atoms with Gasteiger partial charge in [-0.2, -0.15) is 12.8 Å². The average Bonchev–Trinajstić information content (AvgIpc) is 2.79. The number of Topliss-reactive ketones (excluding diaryl/α,β-unsaturated/α-hetero) is 1. The van der Waals surface area contributed by atoms with Crippen LogP contribution in [0.15, 0.2) is 93.9 Å². The van der Waals surface area contributed by atoms with Crippen LogP contribution in [0.5, 0.6) is 5.75 Å². The average molecular weight is 447 g/mol. The van der Waals surface area contributed by atoms with E-state index < -0.39 is 10.0 Å². The monoisotopic (exact) mass is 446 g/mol. The quantitative estimate of drug-likeness (QED) is 0.590. The molecule has 162 valence electrons. The number of anilines is 1. The molecule has 0 fully saturated rings. The van der Waals surface area contributed by atoms with E-state index in [-0.39, 0.29) is 22.1 Å². The number of sulfonamides is 1. The minimum Gasteiger partial charge on any atom is -0.494 e. The molecule has 0 bridgehead atoms. The zero-order chi connectivity index (χ0) is 22.7. The minimum absolute atomic E-state index is 0.0456. The van der Waals surface area contributed by atoms with E-state index in [1.807, 2.05) is 38.1 Å². The van der Waals surface area contributed by atoms with Crippen LogP contribution < -0.4 is 10.1 Å². The van der Waals surface area contributed by atoms with Crippen LogP contribution in [0.2, 0.25) is 0 Å². The van der Waals surface area contributed by atoms with Gasteiger partial charge in [-0.25, -0.2) is 0 Å². The predicted octanol–water partition coefficient (Wildman–Crippen LogP) is 4.76. The van der Waals surface area contributed by atoms with Crippen LogP contribution in [0.25, 0.3) is 0 Å². The summed E-state index contributed by atoms with van der Waals surface area (Å²) in [6.07, 6.45) is 1.48. The fourth-order valence-electron chi connectivity index (χ4n) is 3.35. The van der Waals surface area contributed by atoms with Crippen molar-refractivity contribution in [2.45, 2.75) is 18.7 Å². The van der Waals surface area contributed by atoms with Gasteiger partial charge in [-0.1, -0.05) is 42.0 Å². The number of nitrogens with one attached hydrogen (secondary N) is 1. The smallest absolute Gasteiger partial charge is 0.282 e. The van der Waals surface area contributed by atoms with E-state index in [9.17, 15) is 13.2 Å². The molecule has 1 N–H and O–H groups in total. The largest absolute Gasteiger partial charge is 0.494 e. The van der Waals surface area contributed by atoms with E-state index in [2.05, 4.69) is 9.71 Å². The number of fused-ring (bicyclic) bond motifs is 1. The van der Waals surface area contributed by atoms with Crippen molar-refractivity contribution in [3.63, 3.8) is 0 Å². The van der Waals surface area contributed by atoms with Gasteiger partial charge in [0.05, 0.1) is 22.9 Å². The molecule has 3 aromatic carbocycles. The Kier molecular flexibility index (Phi) is 5.92. The molecule has 0 aromatic heterocycles. The number of rotatable bonds is 6. The second-order valence-corrected chi connectivity index (χ2v) is 8.88. The standard InChI is InChI=1S/C25H22N2O4S/c1-3-31-19-12-14-20(15-13-19)32(29,30)27-23-16-24(26-18-10-8-17(2)9-11-18)25(28)22-7-5-4-6-21(22)23/h4-16,26H,3H2,1-2H3/b27-23-. The zero-order valence-corrected chi connectivity index (χ0v) is 18.5. The molecular weight excluding hydrogens is 424 g/mol. The Morgan fingerprint density at radius 3 is 2.22 bits per heavy atom. The summed E-state index contributed by atoms with van der Waals surface area (Å²) in [5.74, 6) is 0.357. The van der Waals surface area contributed by atoms with Gasteiger partial charge < -0.3 is 10.1 Å². The van der Waals surface area contributed by atoms with E-state index in [4.69, 9.17) is 4.74 Å². The van der Waals surface area contributed by atoms with E-state index >= 15 is 0 Å². The zero-order valence-electron chi connectivity index (χ0n) is 17.7. The predicted molar refractivity (Wildman–Crippen MR) is 125 cm³/mol. The molecular formula is C25H22N2O4S. The summed E-state index contributed by atoms with van der Waals surface area (Å²) < 4.78 is 35.4. The Hall–Kier alpha value is -3.71. The lowest BCUT2D eigenvalue weighted by Gasteiger charge is -2.19. The first-order chi connectivity index (χ1) is 15.4. The molecule has 0 heterocycles. The highest BCUT2D eigenvalue weighted by molar-refractivity contribution is 7.90. The highest BCUT2D eigenvalue weighted by Gasteiger charge is 2.26. The number of benzene rings is 3. The normalized spacial score (nSPS) is 14.6. The first-order valence-corrected chi connectivity index (χ1v) is 11.6. The molecule has 0 saturated carbocycles. The van der Waals surface area contributed by atoms with Crippen molar-refractivity contribution in [2.24, 2.45) is 4.40 Å². The summed E-state index contributed by atoms with van der Waals surface area (Å²) in [5, 5.41) is 3.10. The molecule has 0 unspecified atom stereocenters. The highest BCUT2D eigenvalue weighted by atomic mass is 32.2. The maximum Gasteiger partial charge on any atom is 0.282 e. The minimum atomic E-state index is -4.00. The van der Waals surface area contributed by atoms with Crippen LogP contribution in [-0.4, -0.2) is 26.5 Å². The number of hydrogen-bond acceptors (Lipinski definition) is 5. The van der Waals surface area contributed by atoms with Crippen molar-refractivity contribution in [3.8, 4) is 5.75 Å². The SMILES string of the molecule is CCOc1ccc(S(=O)(=O)/N=C2/C=C(Nc3ccc(C)cc3)C(=O)c3ccccc32)cc1. The summed E-state index contributed by atoms with van der Waals surface area (Å²) in [6, 6.07) is 20.5. The second-order valence-electron chi connectivity index (χ2n) is 7.28. The molecule has 0 radical (unpaired) electrons. The Morgan fingerprint density at radius 1 is 0.906 bits per heavy atom. The van der Waals surface area contributed by atoms with Gasteiger partial charge in [-0.3, -0.25) is 4.79 Å². The van der Waals surface area contributed by atoms with Crippen molar-refractivity contribution >= 4 is 27.2 Å². The van der Waals surface area contributed by atoms with Crippen LogP contribution in [0, 0.1) is 6.92 Å². The molecule has 0 amide bonds. The Morgan fingerprint density at radius 2 is 1.56 bits per heavy atom. The first kappa shape index (κ1) is 21.5. The van der Waals surface area contributed by atoms with Gasteiger partial charge in [0.1, 0.15) is 5.75 Å². The molecule has 32 heavy (non-hydrogen) atoms. The van der Waals surface area contributed by atoms with Gasteiger partial charge in [0.25, 0.3) is 10.0 Å². The van der Waals surface area contributed by atoms with Crippen molar-refractivity contribution in [1.29, 1.82) is 0 Å². The lowest BCUT2D eigenvalue weighted by atomic mass is 9.92. The third-order valence-corrected chi connectivity index (χ3v) is 6.26. The molecule has 7 heteroatoms. The molecule has 3 aromatic rings. The molecule has 0 saturated heterocycles. The van der Waals surface area contributed by atoms with Crippen molar-refractivity contribution < 1.29 is 17.9 Å². The van der Waals surface area contributed by atoms with Gasteiger partial charge in [0.2, 0.25) is 5.78 Å². The van der Waals surface area contributed by atoms with Crippen LogP contribution in [0.3, 0.4) is 0 Å². The van der Waals surface area contributed by atoms with Crippen LogP contribution in [-0.2, 0) is 10.0 Å². The Labute approximate surface area is 187 Å². The van der Waals surface area contributed by atoms with Gasteiger partial charge in [0, 0.05) is 16.8 Å². The van der Waals surface area contributed by atoms with Crippen molar-refractivity contribution in [1.82, 2.24) is 0 Å². The summed E-state index contributed by atoms with van der Waals surface area (Å²) in [5.41, 5.74) is 3.14. The summed E-state index contributed by atoms with van der Waals surface area (Å²) in [4.78, 5) is 13.1. The summed E-state index contributed by atoms with van der Waals surface area (Å²) >= 11 is 0. The maximum absolute atomic E-state index is 13.0. The molecule has 0 aliphatic heterocycles. The number of allylic oxidation sites excluding steroid dienone is 2. The van der Waals surface area contributed by atoms with Gasteiger partial charge in [0.15, 0.2) is 0 Å². The van der Waals surface area contributed by atoms with Gasteiger partial charge in [-0.05, 0) is 56.3 Å². The van der Waals surface area contributed by atoms with Gasteiger partial charge >= 0.3 is 0 Å². The lowest BCUT2D eigenvalue weighted by Crippen LogP contribution is -2.22. The van der Waals surface area contributed by atoms with Gasteiger partial charge in [-0.15, -0.1) is 0 Å². The number of ether oxygens (including phenoxy) is 1. The third kappa shape index (κ3) is 4.48. The number of ketones is 1.